The maximum atomic E-state index is 11.8. The van der Waals surface area contributed by atoms with Gasteiger partial charge in [0.2, 0.25) is 0 Å². The van der Waals surface area contributed by atoms with Crippen molar-refractivity contribution in [3.8, 4) is 0 Å². The van der Waals surface area contributed by atoms with Gasteiger partial charge >= 0.3 is 15.6 Å². The molecular weight excluding hydrogens is 223 g/mol. The van der Waals surface area contributed by atoms with Gasteiger partial charge in [-0.1, -0.05) is 0 Å². The van der Waals surface area contributed by atoms with Gasteiger partial charge < -0.3 is 5.32 Å². The van der Waals surface area contributed by atoms with Crippen molar-refractivity contribution in [3.63, 3.8) is 0 Å². The first kappa shape index (κ1) is 11.7. The Bertz CT molecular complexity index is 281. The first-order chi connectivity index (χ1) is 6.33. The van der Waals surface area contributed by atoms with Gasteiger partial charge in [0.15, 0.2) is 0 Å². The van der Waals surface area contributed by atoms with E-state index >= 15 is 0 Å². The lowest BCUT2D eigenvalue weighted by atomic mass is 10.2. The average Bonchev–Trinajstić information content (AvgIpc) is 2.50. The van der Waals surface area contributed by atoms with Gasteiger partial charge in [0, 0.05) is 6.04 Å². The number of rotatable bonds is 3. The fourth-order valence-corrected chi connectivity index (χ4v) is 1.61. The molecule has 0 bridgehead atoms. The number of nitrogens with one attached hydrogen (secondary N) is 1. The molecule has 0 spiro atoms. The molecule has 1 rings (SSSR count). The zero-order valence-corrected chi connectivity index (χ0v) is 7.99. The minimum Gasteiger partial charge on any atom is -0.312 e. The molecule has 0 aliphatic carbocycles. The van der Waals surface area contributed by atoms with Gasteiger partial charge in [0.05, 0.1) is 6.61 Å². The Morgan fingerprint density at radius 1 is 1.43 bits per heavy atom. The highest BCUT2D eigenvalue weighted by Gasteiger charge is 2.47. The van der Waals surface area contributed by atoms with Gasteiger partial charge in [-0.05, 0) is 19.4 Å². The molecule has 0 unspecified atom stereocenters. The summed E-state index contributed by atoms with van der Waals surface area (Å²) in [5.41, 5.74) is -5.33. The van der Waals surface area contributed by atoms with Crippen LogP contribution < -0.4 is 5.32 Å². The molecule has 0 aromatic heterocycles. The molecule has 1 atom stereocenters. The Kier molecular flexibility index (Phi) is 3.38. The summed E-state index contributed by atoms with van der Waals surface area (Å²) in [6.45, 7) is 0.224. The van der Waals surface area contributed by atoms with Crippen LogP contribution in [0.5, 0.6) is 0 Å². The Balaban J connectivity index is 2.44. The quantitative estimate of drug-likeness (QED) is 0.573. The molecule has 84 valence electrons. The summed E-state index contributed by atoms with van der Waals surface area (Å²) >= 11 is 0. The summed E-state index contributed by atoms with van der Waals surface area (Å²) in [5.74, 6) is 0. The van der Waals surface area contributed by atoms with Crippen molar-refractivity contribution in [2.45, 2.75) is 24.4 Å². The monoisotopic (exact) mass is 233 g/mol. The lowest BCUT2D eigenvalue weighted by molar-refractivity contribution is -0.0545. The van der Waals surface area contributed by atoms with E-state index in [0.29, 0.717) is 13.0 Å². The smallest absolute Gasteiger partial charge is 0.312 e. The molecule has 14 heavy (non-hydrogen) atoms. The Labute approximate surface area is 79.6 Å². The fourth-order valence-electron chi connectivity index (χ4n) is 1.14. The zero-order chi connectivity index (χ0) is 10.8. The lowest BCUT2D eigenvalue weighted by Gasteiger charge is -2.12. The minimum absolute atomic E-state index is 0.299. The standard InChI is InChI=1S/C6H10F3NO3S/c7-6(8,9)14(11,12)13-4-5-2-1-3-10-5/h5,10H,1-4H2/t5-/m0/s1. The first-order valence-electron chi connectivity index (χ1n) is 4.02. The van der Waals surface area contributed by atoms with Crippen molar-refractivity contribution in [2.75, 3.05) is 13.2 Å². The molecule has 8 heteroatoms. The first-order valence-corrected chi connectivity index (χ1v) is 5.43. The molecule has 1 N–H and O–H groups in total. The largest absolute Gasteiger partial charge is 0.523 e. The van der Waals surface area contributed by atoms with Crippen LogP contribution in [0, 0.1) is 0 Å². The van der Waals surface area contributed by atoms with E-state index in [1.807, 2.05) is 0 Å². The van der Waals surface area contributed by atoms with Crippen molar-refractivity contribution in [3.05, 3.63) is 0 Å². The summed E-state index contributed by atoms with van der Waals surface area (Å²) in [7, 11) is -5.43. The molecule has 1 aliphatic heterocycles. The Hall–Kier alpha value is -0.340. The molecule has 0 radical (unpaired) electrons. The van der Waals surface area contributed by atoms with Crippen molar-refractivity contribution in [1.29, 1.82) is 0 Å². The van der Waals surface area contributed by atoms with Crippen LogP contribution in [-0.2, 0) is 14.3 Å². The van der Waals surface area contributed by atoms with Gasteiger partial charge in [0.1, 0.15) is 0 Å². The molecule has 1 saturated heterocycles. The molecule has 4 nitrogen and oxygen atoms in total. The maximum Gasteiger partial charge on any atom is 0.523 e. The number of alkyl halides is 3. The SMILES string of the molecule is O=S(=O)(OC[C@@H]1CCCN1)C(F)(F)F. The predicted molar refractivity (Wildman–Crippen MR) is 42.0 cm³/mol. The van der Waals surface area contributed by atoms with E-state index in [1.165, 1.54) is 0 Å². The van der Waals surface area contributed by atoms with Crippen molar-refractivity contribution in [2.24, 2.45) is 0 Å². The number of hydrogen-bond donors (Lipinski definition) is 1. The fraction of sp³-hybridized carbons (Fsp3) is 1.00. The highest BCUT2D eigenvalue weighted by molar-refractivity contribution is 7.87. The third-order valence-corrected chi connectivity index (χ3v) is 2.88. The summed E-state index contributed by atoms with van der Waals surface area (Å²) in [6, 6.07) is -0.299. The minimum atomic E-state index is -5.43. The number of hydrogen-bond acceptors (Lipinski definition) is 4. The van der Waals surface area contributed by atoms with Crippen LogP contribution in [0.15, 0.2) is 0 Å². The molecule has 0 amide bonds. The van der Waals surface area contributed by atoms with E-state index in [1.54, 1.807) is 0 Å². The van der Waals surface area contributed by atoms with Crippen molar-refractivity contribution in [1.82, 2.24) is 5.32 Å². The van der Waals surface area contributed by atoms with Crippen LogP contribution in [0.2, 0.25) is 0 Å². The molecule has 0 saturated carbocycles. The molecule has 0 aromatic rings. The Morgan fingerprint density at radius 2 is 2.07 bits per heavy atom. The molecule has 1 heterocycles. The van der Waals surface area contributed by atoms with Crippen molar-refractivity contribution < 1.29 is 25.8 Å². The third kappa shape index (κ3) is 2.82. The lowest BCUT2D eigenvalue weighted by Crippen LogP contribution is -2.32. The summed E-state index contributed by atoms with van der Waals surface area (Å²) in [6.07, 6.45) is 1.45. The maximum absolute atomic E-state index is 11.8. The normalized spacial score (nSPS) is 24.1. The Morgan fingerprint density at radius 3 is 2.50 bits per heavy atom. The van der Waals surface area contributed by atoms with Gasteiger partial charge in [-0.3, -0.25) is 4.18 Å². The summed E-state index contributed by atoms with van der Waals surface area (Å²) in [5, 5.41) is 2.82. The zero-order valence-electron chi connectivity index (χ0n) is 7.17. The van der Waals surface area contributed by atoms with Gasteiger partial charge in [-0.2, -0.15) is 21.6 Å². The molecule has 0 aromatic carbocycles. The van der Waals surface area contributed by atoms with E-state index in [9.17, 15) is 21.6 Å². The van der Waals surface area contributed by atoms with Gasteiger partial charge in [-0.15, -0.1) is 0 Å². The van der Waals surface area contributed by atoms with Crippen LogP contribution in [-0.4, -0.2) is 33.1 Å². The molecule has 1 fully saturated rings. The predicted octanol–water partition coefficient (Wildman–Crippen LogP) is 0.605. The van der Waals surface area contributed by atoms with Crippen LogP contribution in [0.1, 0.15) is 12.8 Å². The highest BCUT2D eigenvalue weighted by atomic mass is 32.2. The van der Waals surface area contributed by atoms with Gasteiger partial charge in [0.25, 0.3) is 0 Å². The van der Waals surface area contributed by atoms with Gasteiger partial charge in [-0.25, -0.2) is 0 Å². The van der Waals surface area contributed by atoms with E-state index in [-0.39, 0.29) is 6.04 Å². The number of halogens is 3. The van der Waals surface area contributed by atoms with E-state index in [0.717, 1.165) is 6.42 Å². The summed E-state index contributed by atoms with van der Waals surface area (Å²) < 4.78 is 60.1. The molecular formula is C6H10F3NO3S. The van der Waals surface area contributed by atoms with Crippen molar-refractivity contribution >= 4 is 10.1 Å². The van der Waals surface area contributed by atoms with E-state index < -0.39 is 22.2 Å². The topological polar surface area (TPSA) is 55.4 Å². The van der Waals surface area contributed by atoms with Crippen LogP contribution in [0.4, 0.5) is 13.2 Å². The summed E-state index contributed by atoms with van der Waals surface area (Å²) in [4.78, 5) is 0. The highest BCUT2D eigenvalue weighted by Crippen LogP contribution is 2.24. The second-order valence-electron chi connectivity index (χ2n) is 2.98. The van der Waals surface area contributed by atoms with Crippen LogP contribution in [0.25, 0.3) is 0 Å². The van der Waals surface area contributed by atoms with E-state index in [4.69, 9.17) is 0 Å². The van der Waals surface area contributed by atoms with E-state index in [2.05, 4.69) is 9.50 Å². The van der Waals surface area contributed by atoms with Crippen LogP contribution in [0.3, 0.4) is 0 Å². The molecule has 1 aliphatic rings. The second kappa shape index (κ2) is 4.03. The van der Waals surface area contributed by atoms with Crippen LogP contribution >= 0.6 is 0 Å². The third-order valence-electron chi connectivity index (χ3n) is 1.87. The second-order valence-corrected chi connectivity index (χ2v) is 4.58. The average molecular weight is 233 g/mol.